The molecule has 7 heteroatoms. The molecule has 0 fully saturated rings. The summed E-state index contributed by atoms with van der Waals surface area (Å²) in [6.45, 7) is 8.37. The number of aromatic nitrogens is 5. The van der Waals surface area contributed by atoms with Gasteiger partial charge in [0.1, 0.15) is 17.5 Å². The zero-order chi connectivity index (χ0) is 17.4. The van der Waals surface area contributed by atoms with E-state index in [1.165, 1.54) is 12.0 Å². The van der Waals surface area contributed by atoms with Crippen molar-refractivity contribution in [1.29, 1.82) is 0 Å². The molecule has 2 aromatic rings. The summed E-state index contributed by atoms with van der Waals surface area (Å²) >= 11 is 0. The van der Waals surface area contributed by atoms with Crippen molar-refractivity contribution in [3.05, 3.63) is 22.9 Å². The number of anilines is 1. The number of fused-ring (bicyclic) bond motifs is 1. The Labute approximate surface area is 144 Å². The molecule has 1 aliphatic heterocycles. The summed E-state index contributed by atoms with van der Waals surface area (Å²) in [4.78, 5) is 2.13. The van der Waals surface area contributed by atoms with Crippen molar-refractivity contribution in [3.8, 4) is 0 Å². The summed E-state index contributed by atoms with van der Waals surface area (Å²) < 4.78 is 4.24. The second kappa shape index (κ2) is 6.55. The molecule has 24 heavy (non-hydrogen) atoms. The minimum absolute atomic E-state index is 0.166. The van der Waals surface area contributed by atoms with E-state index >= 15 is 0 Å². The maximum absolute atomic E-state index is 4.73. The van der Waals surface area contributed by atoms with E-state index in [0.717, 1.165) is 42.7 Å². The zero-order valence-corrected chi connectivity index (χ0v) is 15.7. The Morgan fingerprint density at radius 1 is 1.21 bits per heavy atom. The molecule has 0 radical (unpaired) electrons. The third kappa shape index (κ3) is 2.92. The van der Waals surface area contributed by atoms with Crippen molar-refractivity contribution in [2.75, 3.05) is 19.0 Å². The van der Waals surface area contributed by atoms with Crippen molar-refractivity contribution in [2.45, 2.75) is 58.7 Å². The number of rotatable bonds is 6. The SMILES string of the molecule is CC(C)c1nn(C)c(N(C)C)c1CN[C@H](C)c1nnc2n1CCC2. The average molecular weight is 331 g/mol. The average Bonchev–Trinajstić information content (AvgIpc) is 3.17. The summed E-state index contributed by atoms with van der Waals surface area (Å²) in [5.74, 6) is 3.72. The Morgan fingerprint density at radius 2 is 1.96 bits per heavy atom. The number of nitrogens with one attached hydrogen (secondary N) is 1. The van der Waals surface area contributed by atoms with Gasteiger partial charge >= 0.3 is 0 Å². The first-order valence-corrected chi connectivity index (χ1v) is 8.78. The predicted molar refractivity (Wildman–Crippen MR) is 95.2 cm³/mol. The van der Waals surface area contributed by atoms with E-state index in [9.17, 15) is 0 Å². The van der Waals surface area contributed by atoms with E-state index < -0.39 is 0 Å². The molecule has 2 aromatic heterocycles. The highest BCUT2D eigenvalue weighted by Crippen LogP contribution is 2.28. The van der Waals surface area contributed by atoms with Gasteiger partial charge < -0.3 is 14.8 Å². The molecule has 0 amide bonds. The third-order valence-electron chi connectivity index (χ3n) is 4.72. The van der Waals surface area contributed by atoms with Crippen LogP contribution in [0.25, 0.3) is 0 Å². The Balaban J connectivity index is 1.81. The van der Waals surface area contributed by atoms with Crippen molar-refractivity contribution in [2.24, 2.45) is 7.05 Å². The van der Waals surface area contributed by atoms with Crippen LogP contribution in [0, 0.1) is 0 Å². The standard InChI is InChI=1S/C17H29N7/c1-11(2)15-13(17(22(4)5)23(6)21-15)10-18-12(3)16-20-19-14-8-7-9-24(14)16/h11-12,18H,7-10H2,1-6H3/t12-/m1/s1. The molecule has 0 aliphatic carbocycles. The summed E-state index contributed by atoms with van der Waals surface area (Å²) in [7, 11) is 6.15. The fraction of sp³-hybridized carbons (Fsp3) is 0.706. The molecular weight excluding hydrogens is 302 g/mol. The van der Waals surface area contributed by atoms with Gasteiger partial charge in [0, 0.05) is 46.2 Å². The molecule has 0 saturated carbocycles. The van der Waals surface area contributed by atoms with Gasteiger partial charge in [-0.3, -0.25) is 4.68 Å². The van der Waals surface area contributed by atoms with Crippen molar-refractivity contribution in [1.82, 2.24) is 29.9 Å². The van der Waals surface area contributed by atoms with Crippen LogP contribution in [0.2, 0.25) is 0 Å². The van der Waals surface area contributed by atoms with Crippen LogP contribution < -0.4 is 10.2 Å². The fourth-order valence-electron chi connectivity index (χ4n) is 3.61. The minimum Gasteiger partial charge on any atom is -0.363 e. The van der Waals surface area contributed by atoms with Gasteiger partial charge in [0.25, 0.3) is 0 Å². The van der Waals surface area contributed by atoms with Gasteiger partial charge in [-0.25, -0.2) is 0 Å². The van der Waals surface area contributed by atoms with E-state index in [1.54, 1.807) is 0 Å². The van der Waals surface area contributed by atoms with Gasteiger partial charge in [0.15, 0.2) is 0 Å². The quantitative estimate of drug-likeness (QED) is 0.877. The Hall–Kier alpha value is -1.89. The van der Waals surface area contributed by atoms with Crippen LogP contribution in [0.4, 0.5) is 5.82 Å². The molecule has 1 N–H and O–H groups in total. The number of aryl methyl sites for hydroxylation is 2. The molecule has 3 heterocycles. The topological polar surface area (TPSA) is 63.8 Å². The highest BCUT2D eigenvalue weighted by atomic mass is 15.4. The summed E-state index contributed by atoms with van der Waals surface area (Å²) in [6.07, 6.45) is 2.22. The van der Waals surface area contributed by atoms with Crippen LogP contribution in [0.1, 0.15) is 62.1 Å². The molecule has 0 bridgehead atoms. The summed E-state index contributed by atoms with van der Waals surface area (Å²) in [5, 5.41) is 17.1. The molecule has 1 aliphatic rings. The van der Waals surface area contributed by atoms with Crippen molar-refractivity contribution >= 4 is 5.82 Å². The van der Waals surface area contributed by atoms with Crippen molar-refractivity contribution in [3.63, 3.8) is 0 Å². The van der Waals surface area contributed by atoms with Crippen molar-refractivity contribution < 1.29 is 0 Å². The van der Waals surface area contributed by atoms with E-state index in [1.807, 2.05) is 11.7 Å². The smallest absolute Gasteiger partial charge is 0.149 e. The maximum atomic E-state index is 4.73. The van der Waals surface area contributed by atoms with Gasteiger partial charge in [0.05, 0.1) is 11.7 Å². The van der Waals surface area contributed by atoms with Gasteiger partial charge in [-0.05, 0) is 19.3 Å². The van der Waals surface area contributed by atoms with Crippen LogP contribution in [-0.4, -0.2) is 38.6 Å². The lowest BCUT2D eigenvalue weighted by Gasteiger charge is -2.18. The second-order valence-electron chi connectivity index (χ2n) is 7.19. The lowest BCUT2D eigenvalue weighted by atomic mass is 10.0. The molecule has 7 nitrogen and oxygen atoms in total. The lowest BCUT2D eigenvalue weighted by Crippen LogP contribution is -2.24. The summed E-state index contributed by atoms with van der Waals surface area (Å²) in [6, 6.07) is 0.166. The molecule has 132 valence electrons. The van der Waals surface area contributed by atoms with Crippen LogP contribution in [0.5, 0.6) is 0 Å². The van der Waals surface area contributed by atoms with Gasteiger partial charge in [-0.15, -0.1) is 10.2 Å². The Bertz CT molecular complexity index is 711. The van der Waals surface area contributed by atoms with Gasteiger partial charge in [-0.2, -0.15) is 5.10 Å². The summed E-state index contributed by atoms with van der Waals surface area (Å²) in [5.41, 5.74) is 2.43. The molecule has 1 atom stereocenters. The fourth-order valence-corrected chi connectivity index (χ4v) is 3.61. The van der Waals surface area contributed by atoms with Crippen LogP contribution in [-0.2, 0) is 26.6 Å². The molecule has 0 spiro atoms. The van der Waals surface area contributed by atoms with Gasteiger partial charge in [0.2, 0.25) is 0 Å². The largest absolute Gasteiger partial charge is 0.363 e. The lowest BCUT2D eigenvalue weighted by molar-refractivity contribution is 0.514. The first kappa shape index (κ1) is 17.0. The number of hydrogen-bond donors (Lipinski definition) is 1. The molecular formula is C17H29N7. The molecule has 3 rings (SSSR count). The molecule has 0 aromatic carbocycles. The highest BCUT2D eigenvalue weighted by Gasteiger charge is 2.23. The second-order valence-corrected chi connectivity index (χ2v) is 7.19. The number of hydrogen-bond acceptors (Lipinski definition) is 5. The van der Waals surface area contributed by atoms with Crippen LogP contribution >= 0.6 is 0 Å². The van der Waals surface area contributed by atoms with E-state index in [2.05, 4.69) is 59.8 Å². The van der Waals surface area contributed by atoms with E-state index in [-0.39, 0.29) is 6.04 Å². The van der Waals surface area contributed by atoms with Crippen LogP contribution in [0.15, 0.2) is 0 Å². The first-order chi connectivity index (χ1) is 11.4. The Morgan fingerprint density at radius 3 is 2.62 bits per heavy atom. The molecule has 0 unspecified atom stereocenters. The number of nitrogens with zero attached hydrogens (tertiary/aromatic N) is 6. The Kier molecular flexibility index (Phi) is 4.62. The zero-order valence-electron chi connectivity index (χ0n) is 15.7. The minimum atomic E-state index is 0.166. The third-order valence-corrected chi connectivity index (χ3v) is 4.72. The van der Waals surface area contributed by atoms with E-state index in [0.29, 0.717) is 5.92 Å². The van der Waals surface area contributed by atoms with Gasteiger partial charge in [-0.1, -0.05) is 13.8 Å². The maximum Gasteiger partial charge on any atom is 0.149 e. The monoisotopic (exact) mass is 331 g/mol. The normalized spacial score (nSPS) is 15.1. The van der Waals surface area contributed by atoms with E-state index in [4.69, 9.17) is 5.10 Å². The first-order valence-electron chi connectivity index (χ1n) is 8.78. The van der Waals surface area contributed by atoms with Crippen LogP contribution in [0.3, 0.4) is 0 Å². The molecule has 0 saturated heterocycles. The highest BCUT2D eigenvalue weighted by molar-refractivity contribution is 5.50. The predicted octanol–water partition coefficient (Wildman–Crippen LogP) is 2.00.